The molecule has 102 valence electrons. The van der Waals surface area contributed by atoms with E-state index in [2.05, 4.69) is 33.0 Å². The molecule has 1 amide bonds. The van der Waals surface area contributed by atoms with Crippen LogP contribution < -0.4 is 5.32 Å². The molecular formula is C16H27NO. The maximum absolute atomic E-state index is 12.7. The maximum atomic E-state index is 12.7. The predicted octanol–water partition coefficient (Wildman–Crippen LogP) is 3.51. The van der Waals surface area contributed by atoms with Gasteiger partial charge < -0.3 is 5.32 Å². The second-order valence-electron chi connectivity index (χ2n) is 8.54. The Labute approximate surface area is 111 Å². The summed E-state index contributed by atoms with van der Waals surface area (Å²) < 4.78 is 0. The van der Waals surface area contributed by atoms with Crippen molar-refractivity contribution in [2.75, 3.05) is 0 Å². The van der Waals surface area contributed by atoms with Gasteiger partial charge in [-0.25, -0.2) is 0 Å². The van der Waals surface area contributed by atoms with Gasteiger partial charge in [0.25, 0.3) is 0 Å². The summed E-state index contributed by atoms with van der Waals surface area (Å²) in [5, 5.41) is 3.20. The quantitative estimate of drug-likeness (QED) is 0.797. The molecule has 4 saturated carbocycles. The molecule has 4 aliphatic carbocycles. The fraction of sp³-hybridized carbons (Fsp3) is 0.938. The van der Waals surface area contributed by atoms with Gasteiger partial charge in [-0.05, 0) is 69.1 Å². The summed E-state index contributed by atoms with van der Waals surface area (Å²) in [4.78, 5) is 12.7. The summed E-state index contributed by atoms with van der Waals surface area (Å²) in [6, 6.07) is 0.270. The number of hydrogen-bond donors (Lipinski definition) is 1. The molecule has 0 radical (unpaired) electrons. The molecule has 4 aliphatic rings. The van der Waals surface area contributed by atoms with E-state index >= 15 is 0 Å². The van der Waals surface area contributed by atoms with Crippen molar-refractivity contribution in [3.05, 3.63) is 0 Å². The first kappa shape index (κ1) is 12.5. The predicted molar refractivity (Wildman–Crippen MR) is 73.1 cm³/mol. The maximum Gasteiger partial charge on any atom is 0.226 e. The Morgan fingerprint density at radius 2 is 1.61 bits per heavy atom. The van der Waals surface area contributed by atoms with E-state index in [1.807, 2.05) is 0 Å². The third-order valence-electron chi connectivity index (χ3n) is 5.53. The van der Waals surface area contributed by atoms with Crippen LogP contribution in [0.3, 0.4) is 0 Å². The van der Waals surface area contributed by atoms with E-state index in [-0.39, 0.29) is 11.5 Å². The van der Waals surface area contributed by atoms with Crippen molar-refractivity contribution in [3.63, 3.8) is 0 Å². The Bertz CT molecular complexity index is 369. The minimum absolute atomic E-state index is 0.0345. The van der Waals surface area contributed by atoms with Crippen LogP contribution in [0.2, 0.25) is 0 Å². The highest BCUT2D eigenvalue weighted by Crippen LogP contribution is 2.69. The molecule has 0 aromatic rings. The van der Waals surface area contributed by atoms with Crippen LogP contribution in [0.1, 0.15) is 66.2 Å². The first-order valence-electron chi connectivity index (χ1n) is 7.55. The normalized spacial score (nSPS) is 49.7. The fourth-order valence-electron chi connectivity index (χ4n) is 6.12. The smallest absolute Gasteiger partial charge is 0.226 e. The molecule has 0 aromatic carbocycles. The van der Waals surface area contributed by atoms with Crippen LogP contribution in [0.5, 0.6) is 0 Å². The third kappa shape index (κ3) is 1.80. The number of carbonyl (C=O) groups is 1. The highest BCUT2D eigenvalue weighted by molar-refractivity contribution is 5.83. The second-order valence-corrected chi connectivity index (χ2v) is 8.54. The van der Waals surface area contributed by atoms with Gasteiger partial charge in [0.1, 0.15) is 0 Å². The molecule has 1 N–H and O–H groups in total. The van der Waals surface area contributed by atoms with Gasteiger partial charge in [-0.3, -0.25) is 4.79 Å². The second kappa shape index (κ2) is 3.52. The lowest BCUT2D eigenvalue weighted by Crippen LogP contribution is -2.60. The first-order chi connectivity index (χ1) is 8.24. The molecule has 2 atom stereocenters. The molecule has 2 heteroatoms. The standard InChI is InChI=1S/C16H27NO/c1-11(2)17-13(18)16-7-12-5-14(3,9-16)8-15(4,6-12)10-16/h11-12H,5-10H2,1-4H3,(H,17,18)/t12?,14-,15-,16?/m0/s1. The van der Waals surface area contributed by atoms with Gasteiger partial charge in [0, 0.05) is 6.04 Å². The molecule has 4 fully saturated rings. The number of amides is 1. The summed E-state index contributed by atoms with van der Waals surface area (Å²) in [6.45, 7) is 8.99. The van der Waals surface area contributed by atoms with Gasteiger partial charge in [-0.15, -0.1) is 0 Å². The van der Waals surface area contributed by atoms with Crippen LogP contribution in [-0.4, -0.2) is 11.9 Å². The zero-order valence-electron chi connectivity index (χ0n) is 12.3. The van der Waals surface area contributed by atoms with Crippen LogP contribution >= 0.6 is 0 Å². The minimum atomic E-state index is -0.0345. The van der Waals surface area contributed by atoms with Crippen molar-refractivity contribution in [2.45, 2.75) is 72.3 Å². The first-order valence-corrected chi connectivity index (χ1v) is 7.55. The Balaban J connectivity index is 1.91. The molecule has 18 heavy (non-hydrogen) atoms. The molecular weight excluding hydrogens is 222 g/mol. The molecule has 0 saturated heterocycles. The summed E-state index contributed by atoms with van der Waals surface area (Å²) >= 11 is 0. The van der Waals surface area contributed by atoms with Gasteiger partial charge >= 0.3 is 0 Å². The zero-order valence-corrected chi connectivity index (χ0v) is 12.3. The molecule has 2 nitrogen and oxygen atoms in total. The zero-order chi connectivity index (χ0) is 13.2. The topological polar surface area (TPSA) is 29.1 Å². The third-order valence-corrected chi connectivity index (χ3v) is 5.53. The summed E-state index contributed by atoms with van der Waals surface area (Å²) in [5.74, 6) is 1.15. The molecule has 4 rings (SSSR count). The van der Waals surface area contributed by atoms with E-state index < -0.39 is 0 Å². The highest BCUT2D eigenvalue weighted by atomic mass is 16.2. The van der Waals surface area contributed by atoms with Gasteiger partial charge in [0.15, 0.2) is 0 Å². The van der Waals surface area contributed by atoms with Crippen LogP contribution in [0.15, 0.2) is 0 Å². The lowest BCUT2D eigenvalue weighted by molar-refractivity contribution is -0.170. The summed E-state index contributed by atoms with van der Waals surface area (Å²) in [5.41, 5.74) is 0.832. The van der Waals surface area contributed by atoms with Crippen molar-refractivity contribution in [2.24, 2.45) is 22.2 Å². The fourth-order valence-corrected chi connectivity index (χ4v) is 6.12. The molecule has 0 aromatic heterocycles. The minimum Gasteiger partial charge on any atom is -0.353 e. The molecule has 0 heterocycles. The van der Waals surface area contributed by atoms with E-state index in [4.69, 9.17) is 0 Å². The molecule has 0 spiro atoms. The van der Waals surface area contributed by atoms with Crippen LogP contribution in [0.25, 0.3) is 0 Å². The monoisotopic (exact) mass is 249 g/mol. The van der Waals surface area contributed by atoms with Crippen LogP contribution in [0, 0.1) is 22.2 Å². The van der Waals surface area contributed by atoms with Gasteiger partial charge in [-0.2, -0.15) is 0 Å². The Morgan fingerprint density at radius 1 is 1.06 bits per heavy atom. The van der Waals surface area contributed by atoms with Crippen molar-refractivity contribution in [1.29, 1.82) is 0 Å². The van der Waals surface area contributed by atoms with Crippen LogP contribution in [0.4, 0.5) is 0 Å². The SMILES string of the molecule is CC(C)NC(=O)C12CC3C[C@](C)(C1)C[C@](C)(C3)C2. The molecule has 0 unspecified atom stereocenters. The van der Waals surface area contributed by atoms with Crippen molar-refractivity contribution < 1.29 is 4.79 Å². The molecule has 0 aliphatic heterocycles. The average Bonchev–Trinajstić information content (AvgIpc) is 2.09. The van der Waals surface area contributed by atoms with Gasteiger partial charge in [-0.1, -0.05) is 13.8 Å². The van der Waals surface area contributed by atoms with E-state index in [9.17, 15) is 4.79 Å². The summed E-state index contributed by atoms with van der Waals surface area (Å²) in [6.07, 6.45) is 7.47. The Morgan fingerprint density at radius 3 is 2.06 bits per heavy atom. The number of hydrogen-bond acceptors (Lipinski definition) is 1. The van der Waals surface area contributed by atoms with E-state index in [1.54, 1.807) is 0 Å². The van der Waals surface area contributed by atoms with Gasteiger partial charge in [0.2, 0.25) is 5.91 Å². The lowest BCUT2D eigenvalue weighted by Gasteiger charge is -2.64. The number of rotatable bonds is 2. The van der Waals surface area contributed by atoms with Crippen molar-refractivity contribution >= 4 is 5.91 Å². The van der Waals surface area contributed by atoms with Crippen molar-refractivity contribution in [3.8, 4) is 0 Å². The molecule has 4 bridgehead atoms. The van der Waals surface area contributed by atoms with Crippen LogP contribution in [-0.2, 0) is 4.79 Å². The lowest BCUT2D eigenvalue weighted by atomic mass is 9.40. The Hall–Kier alpha value is -0.530. The number of nitrogens with one attached hydrogen (secondary N) is 1. The van der Waals surface area contributed by atoms with E-state index in [0.29, 0.717) is 16.7 Å². The van der Waals surface area contributed by atoms with Gasteiger partial charge in [0.05, 0.1) is 5.41 Å². The summed E-state index contributed by atoms with van der Waals surface area (Å²) in [7, 11) is 0. The van der Waals surface area contributed by atoms with E-state index in [1.165, 1.54) is 19.3 Å². The Kier molecular flexibility index (Phi) is 2.44. The van der Waals surface area contributed by atoms with Crippen molar-refractivity contribution in [1.82, 2.24) is 5.32 Å². The number of carbonyl (C=O) groups excluding carboxylic acids is 1. The van der Waals surface area contributed by atoms with E-state index in [0.717, 1.165) is 25.2 Å². The highest BCUT2D eigenvalue weighted by Gasteiger charge is 2.62. The average molecular weight is 249 g/mol. The largest absolute Gasteiger partial charge is 0.353 e.